The maximum atomic E-state index is 16.7. The molecule has 8 heterocycles. The molecule has 8 aliphatic heterocycles. The van der Waals surface area contributed by atoms with E-state index in [1.165, 1.54) is 44.3 Å². The van der Waals surface area contributed by atoms with Gasteiger partial charge < -0.3 is 143 Å². The van der Waals surface area contributed by atoms with Crippen molar-refractivity contribution in [3.63, 3.8) is 0 Å². The summed E-state index contributed by atoms with van der Waals surface area (Å²) in [6.07, 6.45) is -20.4. The van der Waals surface area contributed by atoms with Gasteiger partial charge in [-0.1, -0.05) is 85.6 Å². The number of benzene rings is 7. The Morgan fingerprint density at radius 1 is 0.667 bits per heavy atom. The molecule has 674 valence electrons. The van der Waals surface area contributed by atoms with E-state index in [-0.39, 0.29) is 76.4 Å². The average Bonchev–Trinajstić information content (AvgIpc) is 0.748. The summed E-state index contributed by atoms with van der Waals surface area (Å²) < 4.78 is 52.6. The molecule has 7 aromatic rings. The largest absolute Gasteiger partial charge is 0.508 e. The summed E-state index contributed by atoms with van der Waals surface area (Å²) in [5.41, 5.74) is 5.76. The summed E-state index contributed by atoms with van der Waals surface area (Å²) in [7, 11) is 1.48. The van der Waals surface area contributed by atoms with Gasteiger partial charge in [0.2, 0.25) is 53.4 Å². The molecule has 8 aliphatic rings. The average molecular weight is 1790 g/mol. The molecule has 22 atom stereocenters. The fourth-order valence-corrected chi connectivity index (χ4v) is 17.4. The number of aliphatic hydroxyl groups excluding tert-OH is 6. The molecule has 0 spiro atoms. The van der Waals surface area contributed by atoms with Gasteiger partial charge >= 0.3 is 5.97 Å². The van der Waals surface area contributed by atoms with Crippen molar-refractivity contribution in [3.05, 3.63) is 177 Å². The van der Waals surface area contributed by atoms with E-state index in [0.29, 0.717) is 11.5 Å². The van der Waals surface area contributed by atoms with Crippen LogP contribution in [0.15, 0.2) is 133 Å². The fraction of sp³-hybridized carbons (Fsp3) is 0.432. The first-order valence-corrected chi connectivity index (χ1v) is 41.6. The number of carbonyl (C=O) groups is 8. The fourth-order valence-electron chi connectivity index (χ4n) is 16.9. The van der Waals surface area contributed by atoms with Crippen LogP contribution in [0.3, 0.4) is 0 Å². The molecular formula is C88H102Cl2N10O26. The number of carbonyl (C=O) groups excluding carboxylic acids is 7. The number of rotatable bonds is 20. The summed E-state index contributed by atoms with van der Waals surface area (Å²) in [4.78, 5) is 122. The highest BCUT2D eigenvalue weighted by Gasteiger charge is 2.54. The lowest BCUT2D eigenvalue weighted by Gasteiger charge is -2.48. The molecule has 0 radical (unpaired) electrons. The smallest absolute Gasteiger partial charge is 0.330 e. The number of ether oxygens (including phenoxy) is 8. The lowest BCUT2D eigenvalue weighted by atomic mass is 9.73. The number of phenols is 3. The standard InChI is InChI=1S/C88H102Cl2N10O26/c1-38(2)24-55(93-8)78(111)98-70-71(106)44-18-23-60(54(90)27-44)123-62-29-45-28-61(74(62)126-84-75(73(108)72(107)63(37-101)124-84)125-65-35-87(6,77(110)40(4)120-65)94-36-41-14-19-48(20-15-41)121-47-12-10-9-11-13-47)122-59-22-17-42(26-53(59)89)52(32-49-34-86(5,92)76(109)39(3)119-49)88(7)85(118)99-69(83(116)117)51-30-46(102)31-58(104)66(51)50-25-43(16-21-57(50)103)67(82(115)100-88)97-80(113)68(45)96-79(112)56(33-64(91)105)95-81(70)114/h9-23,25-31,38-40,49,52,55-56,63,65,67-73,75-77,84,93-94,101-104,106-110H,24,32-37,92H2,1-8H3,(H2,91,105)(H,95,114)(H,96,112)(H,97,113)(H,98,111)(H,99,118)(H,100,115)(H,116,117)/t39-,40-,49-,52+,55+,56-,63+,65+,67+,68+,69-,70+,71+,72+,73-,75+,76-,77-,84-,86-,87-,88-/m0/s1. The first-order chi connectivity index (χ1) is 59.6. The summed E-state index contributed by atoms with van der Waals surface area (Å²) in [6.45, 7) is 10.4. The van der Waals surface area contributed by atoms with Crippen LogP contribution in [0.1, 0.15) is 144 Å². The molecular weight excluding hydrogens is 1680 g/mol. The zero-order valence-corrected chi connectivity index (χ0v) is 71.1. The van der Waals surface area contributed by atoms with E-state index in [0.717, 1.165) is 54.1 Å². The normalized spacial score (nSPS) is 30.2. The van der Waals surface area contributed by atoms with Crippen LogP contribution >= 0.6 is 23.2 Å². The Hall–Kier alpha value is -11.0. The van der Waals surface area contributed by atoms with Crippen molar-refractivity contribution in [1.29, 1.82) is 0 Å². The van der Waals surface area contributed by atoms with Gasteiger partial charge in [-0.25, -0.2) is 4.79 Å². The van der Waals surface area contributed by atoms with E-state index >= 15 is 24.0 Å². The van der Waals surface area contributed by atoms with Crippen LogP contribution in [0.2, 0.25) is 10.0 Å². The van der Waals surface area contributed by atoms with E-state index < -0.39 is 250 Å². The predicted octanol–water partition coefficient (Wildman–Crippen LogP) is 4.82. The molecule has 0 aromatic heterocycles. The Balaban J connectivity index is 1.02. The first kappa shape index (κ1) is 92.6. The van der Waals surface area contributed by atoms with E-state index in [4.69, 9.17) is 72.6 Å². The summed E-state index contributed by atoms with van der Waals surface area (Å²) >= 11 is 14.8. The molecule has 36 nitrogen and oxygen atoms in total. The lowest BCUT2D eigenvalue weighted by Crippen LogP contribution is -2.65. The molecule has 0 unspecified atom stereocenters. The molecule has 0 aliphatic carbocycles. The molecule has 3 fully saturated rings. The van der Waals surface area contributed by atoms with Crippen molar-refractivity contribution < 1.29 is 127 Å². The van der Waals surface area contributed by atoms with Gasteiger partial charge in [0, 0.05) is 52.7 Å². The Morgan fingerprint density at radius 3 is 1.92 bits per heavy atom. The second-order valence-corrected chi connectivity index (χ2v) is 34.5. The number of carboxylic acids is 1. The molecule has 3 saturated heterocycles. The topological polar surface area (TPSA) is 561 Å². The van der Waals surface area contributed by atoms with Crippen LogP contribution in [-0.2, 0) is 63.8 Å². The SMILES string of the molecule is CN[C@H](CC(C)C)C(=O)N[C@H]1C(=O)N[C@@H](CC(N)=O)C(=O)N[C@H]2C(=O)N[C@H]3C(=O)N[C@](C)(C(=O)N[C@H](C(=O)O)c4cc(O)cc(O)c4-c4cc3ccc4O)[C@H](C[C@H]3C[C@](C)(N)[C@@H](O)[C@H](C)O3)c3ccc(c(Cl)c3)Oc3cc2cc(c3O[C@@H]2O[C@H](CO)[C@@H](O)[C@H](O)[C@H]2O[C@@H]2C[C@](C)(NCc3ccc(Oc4ccccc4)cc3)[C@@H](O)[C@H](C)O2)Oc2ccc(cc2Cl)[C@H]1O. The number of hydrogen-bond donors (Lipinski definition) is 20. The number of aromatic hydroxyl groups is 3. The van der Waals surface area contributed by atoms with Gasteiger partial charge in [0.05, 0.1) is 59.6 Å². The number of para-hydroxylation sites is 1. The molecule has 7 amide bonds. The van der Waals surface area contributed by atoms with Gasteiger partial charge in [0.1, 0.15) is 94.4 Å². The second kappa shape index (κ2) is 37.9. The van der Waals surface area contributed by atoms with Gasteiger partial charge in [0.15, 0.2) is 29.9 Å². The number of aliphatic carboxylic acids is 1. The van der Waals surface area contributed by atoms with Crippen LogP contribution in [0.5, 0.6) is 57.5 Å². The highest BCUT2D eigenvalue weighted by molar-refractivity contribution is 6.32. The highest BCUT2D eigenvalue weighted by Crippen LogP contribution is 2.52. The third-order valence-electron chi connectivity index (χ3n) is 23.7. The van der Waals surface area contributed by atoms with Crippen molar-refractivity contribution in [3.8, 4) is 68.6 Å². The number of carboxylic acid groups (broad SMARTS) is 1. The molecule has 0 saturated carbocycles. The number of aliphatic hydroxyl groups is 6. The summed E-state index contributed by atoms with van der Waals surface area (Å²) in [6, 6.07) is 18.9. The first-order valence-electron chi connectivity index (χ1n) is 40.8. The third-order valence-corrected chi connectivity index (χ3v) is 24.3. The van der Waals surface area contributed by atoms with E-state index in [9.17, 15) is 65.4 Å². The zero-order chi connectivity index (χ0) is 91.0. The summed E-state index contributed by atoms with van der Waals surface area (Å²) in [5, 5.41) is 138. The van der Waals surface area contributed by atoms with Crippen molar-refractivity contribution in [2.24, 2.45) is 17.4 Å². The molecule has 11 bridgehead atoms. The van der Waals surface area contributed by atoms with Gasteiger partial charge in [-0.05, 0) is 174 Å². The number of hydrogen-bond acceptors (Lipinski definition) is 28. The number of phenolic OH excluding ortho intramolecular Hbond substituents is 3. The van der Waals surface area contributed by atoms with Crippen molar-refractivity contribution in [1.82, 2.24) is 42.5 Å². The number of halogens is 2. The Labute approximate surface area is 732 Å². The third kappa shape index (κ3) is 19.9. The molecule has 15 rings (SSSR count). The second-order valence-electron chi connectivity index (χ2n) is 33.7. The minimum atomic E-state index is -2.58. The lowest BCUT2D eigenvalue weighted by molar-refractivity contribution is -0.334. The van der Waals surface area contributed by atoms with Gasteiger partial charge in [-0.15, -0.1) is 0 Å². The number of likely N-dealkylation sites (N-methyl/N-ethyl adjacent to an activating group) is 1. The van der Waals surface area contributed by atoms with Crippen LogP contribution < -0.4 is 72.9 Å². The van der Waals surface area contributed by atoms with Crippen molar-refractivity contribution >= 4 is 70.5 Å². The Kier molecular flexibility index (Phi) is 27.8. The van der Waals surface area contributed by atoms with Crippen LogP contribution in [0, 0.1) is 5.92 Å². The molecule has 126 heavy (non-hydrogen) atoms. The van der Waals surface area contributed by atoms with Crippen LogP contribution in [0.25, 0.3) is 11.1 Å². The van der Waals surface area contributed by atoms with E-state index in [2.05, 4.69) is 42.5 Å². The number of nitrogens with one attached hydrogen (secondary N) is 8. The van der Waals surface area contributed by atoms with Crippen LogP contribution in [0.4, 0.5) is 0 Å². The van der Waals surface area contributed by atoms with Crippen molar-refractivity contribution in [2.45, 2.75) is 220 Å². The number of primary amides is 1. The maximum absolute atomic E-state index is 16.7. The van der Waals surface area contributed by atoms with E-state index in [1.54, 1.807) is 39.8 Å². The van der Waals surface area contributed by atoms with Gasteiger partial charge in [0.25, 0.3) is 0 Å². The summed E-state index contributed by atoms with van der Waals surface area (Å²) in [5.74, 6) is -16.0. The number of nitrogens with two attached hydrogens (primary N) is 2. The number of fused-ring (bicyclic) bond motifs is 15. The van der Waals surface area contributed by atoms with Crippen LogP contribution in [-0.4, -0.2) is 214 Å². The highest BCUT2D eigenvalue weighted by atomic mass is 35.5. The maximum Gasteiger partial charge on any atom is 0.330 e. The van der Waals surface area contributed by atoms with Gasteiger partial charge in [-0.3, -0.25) is 33.6 Å². The minimum Gasteiger partial charge on any atom is -0.508 e. The molecule has 22 N–H and O–H groups in total. The van der Waals surface area contributed by atoms with E-state index in [1.807, 2.05) is 56.3 Å². The minimum absolute atomic E-state index is 0.0492. The predicted molar refractivity (Wildman–Crippen MR) is 449 cm³/mol. The van der Waals surface area contributed by atoms with Gasteiger partial charge in [-0.2, -0.15) is 0 Å². The van der Waals surface area contributed by atoms with Crippen molar-refractivity contribution in [2.75, 3.05) is 13.7 Å². The molecule has 38 heteroatoms. The zero-order valence-electron chi connectivity index (χ0n) is 69.6. The molecule has 7 aromatic carbocycles. The monoisotopic (exact) mass is 1780 g/mol. The quantitative estimate of drug-likeness (QED) is 0.0486. The Bertz CT molecular complexity index is 5270. The number of amides is 7. The Morgan fingerprint density at radius 2 is 1.29 bits per heavy atom.